The molecule has 0 aliphatic rings. The lowest BCUT2D eigenvalue weighted by Gasteiger charge is -2.08. The number of halogens is 2. The molecule has 1 heterocycles. The topological polar surface area (TPSA) is 144 Å². The fourth-order valence-corrected chi connectivity index (χ4v) is 2.93. The summed E-state index contributed by atoms with van der Waals surface area (Å²) in [5.41, 5.74) is 8.83. The second kappa shape index (κ2) is 9.18. The smallest absolute Gasteiger partial charge is 0.292 e. The van der Waals surface area contributed by atoms with Crippen molar-refractivity contribution in [1.82, 2.24) is 15.3 Å². The van der Waals surface area contributed by atoms with Gasteiger partial charge in [0.15, 0.2) is 11.6 Å². The number of hydrazine groups is 1. The molecule has 9 nitrogen and oxygen atoms in total. The summed E-state index contributed by atoms with van der Waals surface area (Å²) in [6.07, 6.45) is 1.25. The van der Waals surface area contributed by atoms with Gasteiger partial charge in [-0.25, -0.2) is 8.78 Å². The van der Waals surface area contributed by atoms with Gasteiger partial charge in [0.1, 0.15) is 5.69 Å². The quantitative estimate of drug-likeness (QED) is 0.193. The monoisotopic (exact) mass is 420 g/mol. The molecule has 0 atom stereocenters. The highest BCUT2D eigenvalue weighted by molar-refractivity contribution is 6.43. The first-order valence-electron chi connectivity index (χ1n) is 8.73. The fourth-order valence-electron chi connectivity index (χ4n) is 2.93. The van der Waals surface area contributed by atoms with Crippen molar-refractivity contribution in [1.29, 1.82) is 0 Å². The minimum atomic E-state index is -1.11. The van der Waals surface area contributed by atoms with Crippen molar-refractivity contribution >= 4 is 23.3 Å². The molecule has 1 aromatic heterocycles. The summed E-state index contributed by atoms with van der Waals surface area (Å²) in [5, 5.41) is 4.81. The molecule has 7 N–H and O–H groups in total. The Hall–Kier alpha value is -3.73. The van der Waals surface area contributed by atoms with Gasteiger partial charge in [-0.2, -0.15) is 0 Å². The Bertz CT molecular complexity index is 1050. The summed E-state index contributed by atoms with van der Waals surface area (Å²) < 4.78 is 27.9. The van der Waals surface area contributed by atoms with Gasteiger partial charge in [-0.3, -0.25) is 20.2 Å². The SMILES string of the molecule is Cc1c(C(=O)C(=O)NC/C(N)=C/NN)c(C)n(C)c1C(=O)Nc1ccc(F)c(F)c1. The minimum absolute atomic E-state index is 0.0403. The molecule has 1 aromatic carbocycles. The Morgan fingerprint density at radius 1 is 1.17 bits per heavy atom. The average molecular weight is 420 g/mol. The number of rotatable bonds is 7. The summed E-state index contributed by atoms with van der Waals surface area (Å²) >= 11 is 0. The number of hydrogen-bond acceptors (Lipinski definition) is 6. The van der Waals surface area contributed by atoms with Gasteiger partial charge >= 0.3 is 0 Å². The van der Waals surface area contributed by atoms with E-state index in [1.54, 1.807) is 14.0 Å². The van der Waals surface area contributed by atoms with Crippen LogP contribution in [0.25, 0.3) is 0 Å². The van der Waals surface area contributed by atoms with Crippen LogP contribution in [-0.2, 0) is 11.8 Å². The molecule has 2 aromatic rings. The number of Topliss-reactive ketones (excluding diaryl/α,β-unsaturated/α-hetero) is 1. The standard InChI is InChI=1S/C19H22F2N6O3/c1-9-15(17(28)19(30)24-7-11(22)8-25-23)10(2)27(3)16(9)18(29)26-12-4-5-13(20)14(21)6-12/h4-6,8,25H,7,22-23H2,1-3H3,(H,24,30)(H,26,29)/b11-8-. The summed E-state index contributed by atoms with van der Waals surface area (Å²) in [7, 11) is 1.55. The molecular weight excluding hydrogens is 398 g/mol. The van der Waals surface area contributed by atoms with Crippen LogP contribution in [0.2, 0.25) is 0 Å². The van der Waals surface area contributed by atoms with Gasteiger partial charge < -0.3 is 26.4 Å². The molecule has 30 heavy (non-hydrogen) atoms. The summed E-state index contributed by atoms with van der Waals surface area (Å²) in [6.45, 7) is 2.98. The zero-order valence-electron chi connectivity index (χ0n) is 16.6. The van der Waals surface area contributed by atoms with E-state index in [2.05, 4.69) is 16.1 Å². The van der Waals surface area contributed by atoms with E-state index in [0.29, 0.717) is 5.69 Å². The zero-order valence-corrected chi connectivity index (χ0v) is 16.6. The van der Waals surface area contributed by atoms with Crippen molar-refractivity contribution in [2.24, 2.45) is 18.6 Å². The molecule has 0 aliphatic carbocycles. The maximum absolute atomic E-state index is 13.4. The van der Waals surface area contributed by atoms with Gasteiger partial charge in [0.25, 0.3) is 17.6 Å². The third kappa shape index (κ3) is 4.63. The Morgan fingerprint density at radius 2 is 1.83 bits per heavy atom. The maximum atomic E-state index is 13.4. The zero-order chi connectivity index (χ0) is 22.6. The number of nitrogens with one attached hydrogen (secondary N) is 3. The van der Waals surface area contributed by atoms with Crippen LogP contribution in [0.3, 0.4) is 0 Å². The van der Waals surface area contributed by atoms with Gasteiger partial charge in [0.05, 0.1) is 12.1 Å². The van der Waals surface area contributed by atoms with Gasteiger partial charge in [0, 0.05) is 36.4 Å². The van der Waals surface area contributed by atoms with Crippen LogP contribution in [0.4, 0.5) is 14.5 Å². The van der Waals surface area contributed by atoms with Crippen LogP contribution in [-0.4, -0.2) is 28.7 Å². The molecule has 0 fully saturated rings. The first-order chi connectivity index (χ1) is 14.1. The first kappa shape index (κ1) is 22.6. The van der Waals surface area contributed by atoms with Gasteiger partial charge in [-0.15, -0.1) is 0 Å². The number of amides is 2. The Labute approximate surface area is 171 Å². The number of hydrogen-bond donors (Lipinski definition) is 5. The number of nitrogens with two attached hydrogens (primary N) is 2. The largest absolute Gasteiger partial charge is 0.399 e. The number of aromatic nitrogens is 1. The van der Waals surface area contributed by atoms with Crippen LogP contribution in [0.1, 0.15) is 32.1 Å². The van der Waals surface area contributed by atoms with E-state index < -0.39 is 29.2 Å². The molecule has 0 radical (unpaired) electrons. The lowest BCUT2D eigenvalue weighted by atomic mass is 10.0. The van der Waals surface area contributed by atoms with Crippen molar-refractivity contribution in [2.45, 2.75) is 13.8 Å². The van der Waals surface area contributed by atoms with Crippen molar-refractivity contribution in [3.05, 3.63) is 64.2 Å². The third-order valence-electron chi connectivity index (χ3n) is 4.48. The van der Waals surface area contributed by atoms with E-state index in [1.807, 2.05) is 0 Å². The highest BCUT2D eigenvalue weighted by Gasteiger charge is 2.28. The van der Waals surface area contributed by atoms with E-state index in [4.69, 9.17) is 11.6 Å². The van der Waals surface area contributed by atoms with E-state index in [0.717, 1.165) is 12.1 Å². The number of carbonyl (C=O) groups is 3. The van der Waals surface area contributed by atoms with E-state index in [-0.39, 0.29) is 34.8 Å². The number of benzene rings is 1. The van der Waals surface area contributed by atoms with Crippen LogP contribution in [0.15, 0.2) is 30.1 Å². The molecule has 0 aliphatic heterocycles. The van der Waals surface area contributed by atoms with Crippen molar-refractivity contribution in [3.63, 3.8) is 0 Å². The van der Waals surface area contributed by atoms with Crippen molar-refractivity contribution in [2.75, 3.05) is 11.9 Å². The van der Waals surface area contributed by atoms with E-state index >= 15 is 0 Å². The predicted octanol–water partition coefficient (Wildman–Crippen LogP) is 0.735. The minimum Gasteiger partial charge on any atom is -0.399 e. The number of ketones is 1. The van der Waals surface area contributed by atoms with Crippen LogP contribution < -0.4 is 27.6 Å². The average Bonchev–Trinajstić information content (AvgIpc) is 2.91. The normalized spacial score (nSPS) is 11.2. The second-order valence-electron chi connectivity index (χ2n) is 6.47. The highest BCUT2D eigenvalue weighted by atomic mass is 19.2. The molecule has 0 saturated heterocycles. The van der Waals surface area contributed by atoms with E-state index in [1.165, 1.54) is 23.8 Å². The Balaban J connectivity index is 2.28. The molecule has 11 heteroatoms. The molecule has 2 rings (SSSR count). The molecule has 0 bridgehead atoms. The lowest BCUT2D eigenvalue weighted by molar-refractivity contribution is -0.116. The summed E-state index contributed by atoms with van der Waals surface area (Å²) in [4.78, 5) is 37.6. The first-order valence-corrected chi connectivity index (χ1v) is 8.73. The van der Waals surface area contributed by atoms with Crippen LogP contribution in [0, 0.1) is 25.5 Å². The predicted molar refractivity (Wildman–Crippen MR) is 106 cm³/mol. The van der Waals surface area contributed by atoms with Gasteiger partial charge in [0.2, 0.25) is 0 Å². The van der Waals surface area contributed by atoms with E-state index in [9.17, 15) is 23.2 Å². The van der Waals surface area contributed by atoms with Crippen LogP contribution in [0.5, 0.6) is 0 Å². The summed E-state index contributed by atoms with van der Waals surface area (Å²) in [6, 6.07) is 2.93. The van der Waals surface area contributed by atoms with Crippen molar-refractivity contribution < 1.29 is 23.2 Å². The maximum Gasteiger partial charge on any atom is 0.292 e. The number of carbonyl (C=O) groups excluding carboxylic acids is 3. The van der Waals surface area contributed by atoms with Gasteiger partial charge in [-0.1, -0.05) is 0 Å². The molecular formula is C19H22F2N6O3. The molecule has 0 unspecified atom stereocenters. The third-order valence-corrected chi connectivity index (χ3v) is 4.48. The summed E-state index contributed by atoms with van der Waals surface area (Å²) in [5.74, 6) is 0.516. The Morgan fingerprint density at radius 3 is 2.43 bits per heavy atom. The number of anilines is 1. The Kier molecular flexibility index (Phi) is 6.90. The highest BCUT2D eigenvalue weighted by Crippen LogP contribution is 2.23. The molecule has 0 saturated carbocycles. The van der Waals surface area contributed by atoms with Crippen molar-refractivity contribution in [3.8, 4) is 0 Å². The molecule has 0 spiro atoms. The second-order valence-corrected chi connectivity index (χ2v) is 6.47. The molecule has 2 amide bonds. The van der Waals surface area contributed by atoms with Crippen LogP contribution >= 0.6 is 0 Å². The lowest BCUT2D eigenvalue weighted by Crippen LogP contribution is -2.35. The fraction of sp³-hybridized carbons (Fsp3) is 0.211. The van der Waals surface area contributed by atoms with Gasteiger partial charge in [-0.05, 0) is 31.5 Å². The number of nitrogens with zero attached hydrogens (tertiary/aromatic N) is 1. The molecule has 160 valence electrons.